The van der Waals surface area contributed by atoms with Gasteiger partial charge in [-0.15, -0.1) is 0 Å². The molecule has 1 heterocycles. The van der Waals surface area contributed by atoms with Crippen molar-refractivity contribution in [3.63, 3.8) is 0 Å². The molecule has 0 unspecified atom stereocenters. The average Bonchev–Trinajstić information content (AvgIpc) is 2.41. The molecule has 1 aromatic heterocycles. The second-order valence-corrected chi connectivity index (χ2v) is 4.42. The van der Waals surface area contributed by atoms with Crippen LogP contribution < -0.4 is 5.43 Å². The highest BCUT2D eigenvalue weighted by atomic mass is 35.5. The molecule has 4 heteroatoms. The van der Waals surface area contributed by atoms with Crippen LogP contribution in [0.1, 0.15) is 18.1 Å². The number of nitrogens with one attached hydrogen (secondary N) is 1. The zero-order valence-electron chi connectivity index (χ0n) is 10.3. The summed E-state index contributed by atoms with van der Waals surface area (Å²) in [6.45, 7) is 3.91. The summed E-state index contributed by atoms with van der Waals surface area (Å²) < 4.78 is 0. The fourth-order valence-electron chi connectivity index (χ4n) is 1.47. The molecule has 0 aliphatic heterocycles. The number of aryl methyl sites for hydroxylation is 1. The van der Waals surface area contributed by atoms with E-state index in [2.05, 4.69) is 15.5 Å². The first-order valence-electron chi connectivity index (χ1n) is 5.63. The molecule has 2 aromatic rings. The molecule has 0 aliphatic carbocycles. The number of halogens is 1. The summed E-state index contributed by atoms with van der Waals surface area (Å²) in [6, 6.07) is 9.61. The Morgan fingerprint density at radius 1 is 1.22 bits per heavy atom. The van der Waals surface area contributed by atoms with E-state index in [1.165, 1.54) is 0 Å². The van der Waals surface area contributed by atoms with Gasteiger partial charge in [-0.3, -0.25) is 10.4 Å². The van der Waals surface area contributed by atoms with Crippen molar-refractivity contribution in [2.24, 2.45) is 5.10 Å². The van der Waals surface area contributed by atoms with Gasteiger partial charge in [-0.2, -0.15) is 5.10 Å². The van der Waals surface area contributed by atoms with Crippen LogP contribution in [0.2, 0.25) is 5.02 Å². The minimum absolute atomic E-state index is 0.733. The van der Waals surface area contributed by atoms with E-state index in [1.807, 2.05) is 44.2 Å². The summed E-state index contributed by atoms with van der Waals surface area (Å²) in [5, 5.41) is 5.05. The van der Waals surface area contributed by atoms with E-state index >= 15 is 0 Å². The molecular weight excluding hydrogens is 246 g/mol. The van der Waals surface area contributed by atoms with E-state index in [1.54, 1.807) is 12.4 Å². The molecule has 0 atom stereocenters. The highest BCUT2D eigenvalue weighted by molar-refractivity contribution is 6.31. The van der Waals surface area contributed by atoms with Gasteiger partial charge in [0.05, 0.1) is 11.4 Å². The lowest BCUT2D eigenvalue weighted by Gasteiger charge is -2.05. The summed E-state index contributed by atoms with van der Waals surface area (Å²) in [6.07, 6.45) is 3.49. The quantitative estimate of drug-likeness (QED) is 0.671. The normalized spacial score (nSPS) is 11.4. The minimum atomic E-state index is 0.733. The standard InChI is InChI=1S/C14H14ClN3/c1-10-3-4-13(9-14(10)15)18-17-11(2)12-5-7-16-8-6-12/h3-9,18H,1-2H3/b17-11+. The number of hydrogen-bond acceptors (Lipinski definition) is 3. The Morgan fingerprint density at radius 3 is 2.61 bits per heavy atom. The average molecular weight is 260 g/mol. The zero-order chi connectivity index (χ0) is 13.0. The predicted octanol–water partition coefficient (Wildman–Crippen LogP) is 3.88. The molecule has 0 amide bonds. The van der Waals surface area contributed by atoms with Crippen molar-refractivity contribution in [2.75, 3.05) is 5.43 Å². The number of rotatable bonds is 3. The lowest BCUT2D eigenvalue weighted by atomic mass is 10.2. The van der Waals surface area contributed by atoms with Crippen molar-refractivity contribution in [1.82, 2.24) is 4.98 Å². The van der Waals surface area contributed by atoms with Crippen molar-refractivity contribution in [2.45, 2.75) is 13.8 Å². The minimum Gasteiger partial charge on any atom is -0.278 e. The first-order valence-corrected chi connectivity index (χ1v) is 6.01. The third-order valence-electron chi connectivity index (χ3n) is 2.62. The summed E-state index contributed by atoms with van der Waals surface area (Å²) in [5.74, 6) is 0. The van der Waals surface area contributed by atoms with Crippen molar-refractivity contribution in [3.05, 3.63) is 58.9 Å². The molecule has 18 heavy (non-hydrogen) atoms. The Hall–Kier alpha value is -1.87. The second kappa shape index (κ2) is 5.65. The second-order valence-electron chi connectivity index (χ2n) is 4.01. The number of anilines is 1. The largest absolute Gasteiger partial charge is 0.278 e. The fourth-order valence-corrected chi connectivity index (χ4v) is 1.65. The lowest BCUT2D eigenvalue weighted by Crippen LogP contribution is -1.99. The first-order chi connectivity index (χ1) is 8.66. The van der Waals surface area contributed by atoms with Gasteiger partial charge in [0, 0.05) is 23.0 Å². The van der Waals surface area contributed by atoms with E-state index in [9.17, 15) is 0 Å². The van der Waals surface area contributed by atoms with Gasteiger partial charge < -0.3 is 0 Å². The molecule has 92 valence electrons. The van der Waals surface area contributed by atoms with Gasteiger partial charge in [0.2, 0.25) is 0 Å². The van der Waals surface area contributed by atoms with Crippen LogP contribution in [0.25, 0.3) is 0 Å². The summed E-state index contributed by atoms with van der Waals surface area (Å²) in [4.78, 5) is 3.97. The molecule has 0 spiro atoms. The number of pyridine rings is 1. The molecule has 0 radical (unpaired) electrons. The van der Waals surface area contributed by atoms with Crippen molar-refractivity contribution < 1.29 is 0 Å². The topological polar surface area (TPSA) is 37.3 Å². The van der Waals surface area contributed by atoms with Crippen LogP contribution in [-0.4, -0.2) is 10.7 Å². The van der Waals surface area contributed by atoms with E-state index in [0.29, 0.717) is 0 Å². The molecule has 0 saturated carbocycles. The molecule has 0 saturated heterocycles. The summed E-state index contributed by atoms with van der Waals surface area (Å²) in [7, 11) is 0. The summed E-state index contributed by atoms with van der Waals surface area (Å²) in [5.41, 5.74) is 6.86. The SMILES string of the molecule is C/C(=N\Nc1ccc(C)c(Cl)c1)c1ccncc1. The van der Waals surface area contributed by atoms with Gasteiger partial charge in [-0.1, -0.05) is 17.7 Å². The van der Waals surface area contributed by atoms with E-state index in [-0.39, 0.29) is 0 Å². The van der Waals surface area contributed by atoms with Crippen molar-refractivity contribution >= 4 is 23.0 Å². The first kappa shape index (κ1) is 12.6. The molecule has 1 aromatic carbocycles. The van der Waals surface area contributed by atoms with Crippen molar-refractivity contribution in [3.8, 4) is 0 Å². The molecule has 0 aliphatic rings. The zero-order valence-corrected chi connectivity index (χ0v) is 11.1. The molecular formula is C14H14ClN3. The fraction of sp³-hybridized carbons (Fsp3) is 0.143. The van der Waals surface area contributed by atoms with Crippen LogP contribution in [0.3, 0.4) is 0 Å². The Labute approximate surface area is 112 Å². The molecule has 0 fully saturated rings. The van der Waals surface area contributed by atoms with E-state index in [0.717, 1.165) is 27.5 Å². The third-order valence-corrected chi connectivity index (χ3v) is 3.03. The highest BCUT2D eigenvalue weighted by Gasteiger charge is 1.98. The highest BCUT2D eigenvalue weighted by Crippen LogP contribution is 2.19. The Bertz CT molecular complexity index is 565. The molecule has 1 N–H and O–H groups in total. The van der Waals surface area contributed by atoms with Crippen LogP contribution >= 0.6 is 11.6 Å². The van der Waals surface area contributed by atoms with Gasteiger partial charge in [0.1, 0.15) is 0 Å². The van der Waals surface area contributed by atoms with E-state index in [4.69, 9.17) is 11.6 Å². The van der Waals surface area contributed by atoms with E-state index < -0.39 is 0 Å². The van der Waals surface area contributed by atoms with Crippen LogP contribution in [-0.2, 0) is 0 Å². The number of benzene rings is 1. The number of nitrogens with zero attached hydrogens (tertiary/aromatic N) is 2. The Balaban J connectivity index is 2.13. The van der Waals surface area contributed by atoms with Gasteiger partial charge in [0.15, 0.2) is 0 Å². The van der Waals surface area contributed by atoms with Crippen LogP contribution in [0.4, 0.5) is 5.69 Å². The van der Waals surface area contributed by atoms with Crippen LogP contribution in [0.5, 0.6) is 0 Å². The molecule has 3 nitrogen and oxygen atoms in total. The monoisotopic (exact) mass is 259 g/mol. The number of hydrazone groups is 1. The maximum atomic E-state index is 6.05. The van der Waals surface area contributed by atoms with Crippen LogP contribution in [0, 0.1) is 6.92 Å². The van der Waals surface area contributed by atoms with Gasteiger partial charge in [-0.05, 0) is 43.7 Å². The number of aromatic nitrogens is 1. The Morgan fingerprint density at radius 2 is 1.94 bits per heavy atom. The smallest absolute Gasteiger partial charge is 0.0649 e. The maximum Gasteiger partial charge on any atom is 0.0649 e. The lowest BCUT2D eigenvalue weighted by molar-refractivity contribution is 1.29. The van der Waals surface area contributed by atoms with Gasteiger partial charge >= 0.3 is 0 Å². The van der Waals surface area contributed by atoms with Crippen molar-refractivity contribution in [1.29, 1.82) is 0 Å². The third kappa shape index (κ3) is 3.08. The Kier molecular flexibility index (Phi) is 3.95. The molecule has 2 rings (SSSR count). The van der Waals surface area contributed by atoms with Gasteiger partial charge in [-0.25, -0.2) is 0 Å². The summed E-state index contributed by atoms with van der Waals surface area (Å²) >= 11 is 6.05. The number of hydrogen-bond donors (Lipinski definition) is 1. The van der Waals surface area contributed by atoms with Crippen LogP contribution in [0.15, 0.2) is 47.8 Å². The van der Waals surface area contributed by atoms with Gasteiger partial charge in [0.25, 0.3) is 0 Å². The maximum absolute atomic E-state index is 6.05. The predicted molar refractivity (Wildman–Crippen MR) is 76.3 cm³/mol. The molecule has 0 bridgehead atoms.